The van der Waals surface area contributed by atoms with Crippen LogP contribution in [-0.2, 0) is 0 Å². The van der Waals surface area contributed by atoms with Crippen molar-refractivity contribution in [3.8, 4) is 11.5 Å². The van der Waals surface area contributed by atoms with Crippen LogP contribution in [0.25, 0.3) is 24.3 Å². The Morgan fingerprint density at radius 3 is 1.79 bits per heavy atom. The van der Waals surface area contributed by atoms with E-state index in [9.17, 15) is 5.11 Å². The van der Waals surface area contributed by atoms with Gasteiger partial charge in [0.25, 0.3) is 0 Å². The number of benzene rings is 4. The Morgan fingerprint density at radius 1 is 0.618 bits per heavy atom. The van der Waals surface area contributed by atoms with E-state index in [2.05, 4.69) is 92.0 Å². The zero-order chi connectivity index (χ0) is 23.5. The Morgan fingerprint density at radius 2 is 1.15 bits per heavy atom. The smallest absolute Gasteiger partial charge is 0.135 e. The van der Waals surface area contributed by atoms with Crippen LogP contribution in [0.4, 0.5) is 0 Å². The molecule has 4 aromatic rings. The lowest BCUT2D eigenvalue weighted by molar-refractivity contribution is 0.222. The van der Waals surface area contributed by atoms with Crippen molar-refractivity contribution < 1.29 is 9.84 Å². The minimum absolute atomic E-state index is 0.0404. The third-order valence-electron chi connectivity index (χ3n) is 6.32. The molecule has 0 amide bonds. The summed E-state index contributed by atoms with van der Waals surface area (Å²) in [4.78, 5) is 0. The Balaban J connectivity index is 1.52. The van der Waals surface area contributed by atoms with Gasteiger partial charge in [0.1, 0.15) is 17.6 Å². The van der Waals surface area contributed by atoms with Crippen LogP contribution in [0.5, 0.6) is 11.5 Å². The first kappa shape index (κ1) is 21.5. The zero-order valence-corrected chi connectivity index (χ0v) is 18.9. The summed E-state index contributed by atoms with van der Waals surface area (Å²) in [6.45, 7) is 7.68. The summed E-state index contributed by atoms with van der Waals surface area (Å²) in [5.74, 6) is 1.18. The fourth-order valence-electron chi connectivity index (χ4n) is 4.44. The van der Waals surface area contributed by atoms with E-state index < -0.39 is 0 Å². The van der Waals surface area contributed by atoms with E-state index in [-0.39, 0.29) is 17.8 Å². The van der Waals surface area contributed by atoms with E-state index in [0.717, 1.165) is 39.1 Å². The van der Waals surface area contributed by atoms with Gasteiger partial charge in [0.05, 0.1) is 5.92 Å². The summed E-state index contributed by atoms with van der Waals surface area (Å²) < 4.78 is 6.46. The highest BCUT2D eigenvalue weighted by molar-refractivity contribution is 5.71. The summed E-state index contributed by atoms with van der Waals surface area (Å²) in [7, 11) is 0. The fraction of sp³-hybridized carbons (Fsp3) is 0.0625. The zero-order valence-electron chi connectivity index (χ0n) is 18.9. The van der Waals surface area contributed by atoms with Gasteiger partial charge >= 0.3 is 0 Å². The van der Waals surface area contributed by atoms with Gasteiger partial charge in [-0.25, -0.2) is 0 Å². The highest BCUT2D eigenvalue weighted by Gasteiger charge is 2.36. The molecular weight excluding hydrogens is 416 g/mol. The fourth-order valence-corrected chi connectivity index (χ4v) is 4.44. The standard InChI is InChI=1S/C32H26O2/c1-3-22-5-7-24(8-6-22)9-10-25-13-20-30-29(21-25)31(26-14-11-23(4-2)12-15-26)32(34-30)27-16-18-28(33)19-17-27/h3-21,31-33H,1-2H2/b10-9+. The molecule has 1 aliphatic rings. The molecule has 166 valence electrons. The van der Waals surface area contributed by atoms with Gasteiger partial charge < -0.3 is 9.84 Å². The highest BCUT2D eigenvalue weighted by Crippen LogP contribution is 2.50. The van der Waals surface area contributed by atoms with Crippen LogP contribution in [0.2, 0.25) is 0 Å². The second-order valence-electron chi connectivity index (χ2n) is 8.48. The molecule has 0 saturated heterocycles. The molecule has 0 radical (unpaired) electrons. The quantitative estimate of drug-likeness (QED) is 0.306. The third kappa shape index (κ3) is 4.31. The van der Waals surface area contributed by atoms with Crippen molar-refractivity contribution in [2.45, 2.75) is 12.0 Å². The molecule has 2 heteroatoms. The van der Waals surface area contributed by atoms with Crippen LogP contribution in [0, 0.1) is 0 Å². The Labute approximate surface area is 200 Å². The summed E-state index contributed by atoms with van der Waals surface area (Å²) in [6, 6.07) is 30.4. The second kappa shape index (κ2) is 9.29. The van der Waals surface area contributed by atoms with E-state index in [0.29, 0.717) is 0 Å². The molecule has 0 fully saturated rings. The van der Waals surface area contributed by atoms with Crippen molar-refractivity contribution >= 4 is 24.3 Å². The van der Waals surface area contributed by atoms with Gasteiger partial charge in [0.15, 0.2) is 0 Å². The summed E-state index contributed by atoms with van der Waals surface area (Å²) >= 11 is 0. The summed E-state index contributed by atoms with van der Waals surface area (Å²) in [5.41, 5.74) is 7.83. The SMILES string of the molecule is C=Cc1ccc(/C=C/c2ccc3c(c2)C(c2ccc(C=C)cc2)C(c2ccc(O)cc2)O3)cc1. The molecule has 5 rings (SSSR count). The average Bonchev–Trinajstić information content (AvgIpc) is 3.27. The van der Waals surface area contributed by atoms with Gasteiger partial charge in [0.2, 0.25) is 0 Å². The third-order valence-corrected chi connectivity index (χ3v) is 6.32. The maximum Gasteiger partial charge on any atom is 0.135 e. The minimum Gasteiger partial charge on any atom is -0.508 e. The molecule has 2 nitrogen and oxygen atoms in total. The molecule has 1 aliphatic heterocycles. The summed E-state index contributed by atoms with van der Waals surface area (Å²) in [5, 5.41) is 9.77. The maximum absolute atomic E-state index is 9.77. The van der Waals surface area contributed by atoms with Crippen LogP contribution in [0.3, 0.4) is 0 Å². The molecule has 2 unspecified atom stereocenters. The Bertz CT molecular complexity index is 1340. The van der Waals surface area contributed by atoms with E-state index >= 15 is 0 Å². The first-order valence-electron chi connectivity index (χ1n) is 11.4. The molecule has 4 aromatic carbocycles. The highest BCUT2D eigenvalue weighted by atomic mass is 16.5. The van der Waals surface area contributed by atoms with Crippen molar-refractivity contribution in [1.29, 1.82) is 0 Å². The van der Waals surface area contributed by atoms with Crippen molar-refractivity contribution in [2.75, 3.05) is 0 Å². The van der Waals surface area contributed by atoms with Crippen molar-refractivity contribution in [3.05, 3.63) is 143 Å². The van der Waals surface area contributed by atoms with Crippen LogP contribution < -0.4 is 4.74 Å². The lowest BCUT2D eigenvalue weighted by atomic mass is 9.84. The van der Waals surface area contributed by atoms with Crippen LogP contribution in [0.15, 0.2) is 104 Å². The van der Waals surface area contributed by atoms with Crippen LogP contribution >= 0.6 is 0 Å². The number of hydrogen-bond acceptors (Lipinski definition) is 2. The van der Waals surface area contributed by atoms with Crippen molar-refractivity contribution in [2.24, 2.45) is 0 Å². The van der Waals surface area contributed by atoms with E-state index in [1.807, 2.05) is 24.3 Å². The minimum atomic E-state index is -0.171. The number of aromatic hydroxyl groups is 1. The predicted molar refractivity (Wildman–Crippen MR) is 142 cm³/mol. The first-order chi connectivity index (χ1) is 16.6. The number of fused-ring (bicyclic) bond motifs is 1. The molecule has 0 aromatic heterocycles. The van der Waals surface area contributed by atoms with Crippen LogP contribution in [0.1, 0.15) is 51.0 Å². The topological polar surface area (TPSA) is 29.5 Å². The number of rotatable bonds is 6. The van der Waals surface area contributed by atoms with Crippen LogP contribution in [-0.4, -0.2) is 5.11 Å². The predicted octanol–water partition coefficient (Wildman–Crippen LogP) is 8.11. The normalized spacial score (nSPS) is 16.7. The molecule has 34 heavy (non-hydrogen) atoms. The second-order valence-corrected chi connectivity index (χ2v) is 8.48. The average molecular weight is 443 g/mol. The van der Waals surface area contributed by atoms with Gasteiger partial charge in [-0.2, -0.15) is 0 Å². The van der Waals surface area contributed by atoms with Crippen molar-refractivity contribution in [1.82, 2.24) is 0 Å². The first-order valence-corrected chi connectivity index (χ1v) is 11.4. The number of hydrogen-bond donors (Lipinski definition) is 1. The number of phenols is 1. The molecular formula is C32H26O2. The monoisotopic (exact) mass is 442 g/mol. The number of phenolic OH excluding ortho intramolecular Hbond substituents is 1. The Kier molecular flexibility index (Phi) is 5.88. The van der Waals surface area contributed by atoms with E-state index in [1.165, 1.54) is 5.56 Å². The van der Waals surface area contributed by atoms with Gasteiger partial charge in [0, 0.05) is 5.56 Å². The largest absolute Gasteiger partial charge is 0.508 e. The van der Waals surface area contributed by atoms with Gasteiger partial charge in [-0.05, 0) is 57.6 Å². The molecule has 0 saturated carbocycles. The molecule has 0 spiro atoms. The van der Waals surface area contributed by atoms with E-state index in [1.54, 1.807) is 12.1 Å². The van der Waals surface area contributed by atoms with Gasteiger partial charge in [-0.15, -0.1) is 0 Å². The lowest BCUT2D eigenvalue weighted by Gasteiger charge is -2.20. The lowest BCUT2D eigenvalue weighted by Crippen LogP contribution is -2.11. The molecule has 1 heterocycles. The number of ether oxygens (including phenoxy) is 1. The molecule has 2 atom stereocenters. The molecule has 1 N–H and O–H groups in total. The van der Waals surface area contributed by atoms with E-state index in [4.69, 9.17) is 4.74 Å². The van der Waals surface area contributed by atoms with Gasteiger partial charge in [-0.3, -0.25) is 0 Å². The Hall–Kier alpha value is -4.30. The maximum atomic E-state index is 9.77. The molecule has 0 bridgehead atoms. The van der Waals surface area contributed by atoms with Gasteiger partial charge in [-0.1, -0.05) is 104 Å². The summed E-state index contributed by atoms with van der Waals surface area (Å²) in [6.07, 6.45) is 7.78. The van der Waals surface area contributed by atoms with Crippen molar-refractivity contribution in [3.63, 3.8) is 0 Å². The molecule has 0 aliphatic carbocycles.